The number of nitrogens with two attached hydrogens (primary N) is 1. The molecule has 1 aromatic carbocycles. The van der Waals surface area contributed by atoms with Crippen molar-refractivity contribution in [2.75, 3.05) is 0 Å². The number of hydrogen-bond donors (Lipinski definition) is 1. The Morgan fingerprint density at radius 1 is 1.39 bits per heavy atom. The molecule has 7 heteroatoms. The average molecular weight is 273 g/mol. The van der Waals surface area contributed by atoms with Gasteiger partial charge in [0, 0.05) is 11.6 Å². The number of rotatable bonds is 4. The molecular formula is C11H11ClF2N4. The molecule has 0 fully saturated rings. The maximum atomic E-state index is 12.9. The third-order valence-corrected chi connectivity index (χ3v) is 2.70. The van der Waals surface area contributed by atoms with Crippen LogP contribution in [0.15, 0.2) is 24.3 Å². The van der Waals surface area contributed by atoms with Crippen LogP contribution in [0.2, 0.25) is 5.02 Å². The third-order valence-electron chi connectivity index (χ3n) is 2.47. The predicted molar refractivity (Wildman–Crippen MR) is 63.4 cm³/mol. The fraction of sp³-hybridized carbons (Fsp3) is 0.273. The first-order chi connectivity index (χ1) is 8.61. The van der Waals surface area contributed by atoms with Crippen molar-refractivity contribution < 1.29 is 8.78 Å². The van der Waals surface area contributed by atoms with Gasteiger partial charge in [-0.2, -0.15) is 0 Å². The van der Waals surface area contributed by atoms with E-state index in [-0.39, 0.29) is 24.5 Å². The number of aromatic nitrogens is 3. The molecule has 0 unspecified atom stereocenters. The third kappa shape index (κ3) is 2.65. The molecule has 2 rings (SSSR count). The van der Waals surface area contributed by atoms with E-state index < -0.39 is 6.43 Å². The molecule has 0 aliphatic rings. The molecule has 0 amide bonds. The summed E-state index contributed by atoms with van der Waals surface area (Å²) in [6.07, 6.45) is -2.65. The van der Waals surface area contributed by atoms with E-state index in [2.05, 4.69) is 10.3 Å². The molecule has 18 heavy (non-hydrogen) atoms. The molecule has 0 saturated heterocycles. The van der Waals surface area contributed by atoms with Crippen molar-refractivity contribution in [3.05, 3.63) is 46.2 Å². The molecule has 96 valence electrons. The smallest absolute Gasteiger partial charge is 0.281 e. The van der Waals surface area contributed by atoms with Crippen LogP contribution in [-0.2, 0) is 13.1 Å². The van der Waals surface area contributed by atoms with Gasteiger partial charge in [0.25, 0.3) is 6.43 Å². The second kappa shape index (κ2) is 5.41. The van der Waals surface area contributed by atoms with E-state index in [0.29, 0.717) is 5.02 Å². The highest BCUT2D eigenvalue weighted by Gasteiger charge is 2.20. The summed E-state index contributed by atoms with van der Waals surface area (Å²) in [5, 5.41) is 7.89. The molecule has 0 spiro atoms. The van der Waals surface area contributed by atoms with Gasteiger partial charge in [-0.05, 0) is 17.7 Å². The fourth-order valence-electron chi connectivity index (χ4n) is 1.67. The van der Waals surface area contributed by atoms with Gasteiger partial charge in [0.2, 0.25) is 0 Å². The molecule has 0 aliphatic heterocycles. The number of benzene rings is 1. The maximum Gasteiger partial charge on any atom is 0.281 e. The van der Waals surface area contributed by atoms with Gasteiger partial charge < -0.3 is 5.73 Å². The fourth-order valence-corrected chi connectivity index (χ4v) is 1.88. The standard InChI is InChI=1S/C11H11ClF2N4/c12-8-3-1-2-7(4-8)6-18-10(11(13)14)9(5-15)16-17-18/h1-4,11H,5-6,15H2. The Bertz CT molecular complexity index is 542. The van der Waals surface area contributed by atoms with Crippen molar-refractivity contribution in [3.63, 3.8) is 0 Å². The Kier molecular flexibility index (Phi) is 3.88. The van der Waals surface area contributed by atoms with E-state index in [9.17, 15) is 8.78 Å². The molecule has 2 N–H and O–H groups in total. The molecular weight excluding hydrogens is 262 g/mol. The Hall–Kier alpha value is -1.53. The summed E-state index contributed by atoms with van der Waals surface area (Å²) >= 11 is 5.83. The van der Waals surface area contributed by atoms with E-state index in [4.69, 9.17) is 17.3 Å². The largest absolute Gasteiger partial charge is 0.325 e. The van der Waals surface area contributed by atoms with Crippen LogP contribution < -0.4 is 5.73 Å². The first kappa shape index (κ1) is 12.9. The van der Waals surface area contributed by atoms with Crippen LogP contribution in [-0.4, -0.2) is 15.0 Å². The molecule has 4 nitrogen and oxygen atoms in total. The minimum absolute atomic E-state index is 0.0603. The molecule has 2 aromatic rings. The summed E-state index contributed by atoms with van der Waals surface area (Å²) < 4.78 is 27.0. The molecule has 0 saturated carbocycles. The van der Waals surface area contributed by atoms with Crippen LogP contribution in [0.25, 0.3) is 0 Å². The van der Waals surface area contributed by atoms with Crippen molar-refractivity contribution in [2.24, 2.45) is 5.73 Å². The van der Waals surface area contributed by atoms with Crippen molar-refractivity contribution in [2.45, 2.75) is 19.5 Å². The van der Waals surface area contributed by atoms with Crippen LogP contribution in [0.4, 0.5) is 8.78 Å². The Morgan fingerprint density at radius 3 is 2.78 bits per heavy atom. The van der Waals surface area contributed by atoms with Crippen molar-refractivity contribution in [1.82, 2.24) is 15.0 Å². The summed E-state index contributed by atoms with van der Waals surface area (Å²) in [6, 6.07) is 6.94. The number of hydrogen-bond acceptors (Lipinski definition) is 3. The number of alkyl halides is 2. The van der Waals surface area contributed by atoms with E-state index >= 15 is 0 Å². The van der Waals surface area contributed by atoms with Gasteiger partial charge in [-0.1, -0.05) is 28.9 Å². The van der Waals surface area contributed by atoms with Crippen LogP contribution in [0.3, 0.4) is 0 Å². The molecule has 0 aliphatic carbocycles. The van der Waals surface area contributed by atoms with E-state index in [1.54, 1.807) is 24.3 Å². The van der Waals surface area contributed by atoms with Gasteiger partial charge in [0.1, 0.15) is 11.4 Å². The van der Waals surface area contributed by atoms with Gasteiger partial charge in [0.05, 0.1) is 6.54 Å². The number of halogens is 3. The molecule has 0 bridgehead atoms. The highest BCUT2D eigenvalue weighted by Crippen LogP contribution is 2.22. The molecule has 1 heterocycles. The second-order valence-electron chi connectivity index (χ2n) is 3.71. The summed E-state index contributed by atoms with van der Waals surface area (Å²) in [4.78, 5) is 0. The summed E-state index contributed by atoms with van der Waals surface area (Å²) in [7, 11) is 0. The minimum Gasteiger partial charge on any atom is -0.325 e. The van der Waals surface area contributed by atoms with Gasteiger partial charge in [-0.25, -0.2) is 13.5 Å². The molecule has 1 aromatic heterocycles. The zero-order valence-corrected chi connectivity index (χ0v) is 10.1. The van der Waals surface area contributed by atoms with Crippen molar-refractivity contribution in [3.8, 4) is 0 Å². The van der Waals surface area contributed by atoms with E-state index in [0.717, 1.165) is 10.2 Å². The van der Waals surface area contributed by atoms with E-state index in [1.807, 2.05) is 0 Å². The van der Waals surface area contributed by atoms with Crippen molar-refractivity contribution >= 4 is 11.6 Å². The van der Waals surface area contributed by atoms with Crippen molar-refractivity contribution in [1.29, 1.82) is 0 Å². The summed E-state index contributed by atoms with van der Waals surface area (Å²) in [5.41, 5.74) is 6.00. The van der Waals surface area contributed by atoms with Crippen LogP contribution in [0.1, 0.15) is 23.4 Å². The highest BCUT2D eigenvalue weighted by molar-refractivity contribution is 6.30. The van der Waals surface area contributed by atoms with Gasteiger partial charge in [0.15, 0.2) is 0 Å². The quantitative estimate of drug-likeness (QED) is 0.930. The topological polar surface area (TPSA) is 56.7 Å². The second-order valence-corrected chi connectivity index (χ2v) is 4.15. The zero-order chi connectivity index (χ0) is 13.1. The lowest BCUT2D eigenvalue weighted by molar-refractivity contribution is 0.138. The maximum absolute atomic E-state index is 12.9. The van der Waals surface area contributed by atoms with Gasteiger partial charge in [-0.15, -0.1) is 5.10 Å². The highest BCUT2D eigenvalue weighted by atomic mass is 35.5. The van der Waals surface area contributed by atoms with Crippen LogP contribution in [0.5, 0.6) is 0 Å². The first-order valence-corrected chi connectivity index (χ1v) is 5.64. The predicted octanol–water partition coefficient (Wildman–Crippen LogP) is 2.38. The Morgan fingerprint density at radius 2 is 2.17 bits per heavy atom. The zero-order valence-electron chi connectivity index (χ0n) is 9.35. The lowest BCUT2D eigenvalue weighted by Gasteiger charge is -2.07. The molecule has 0 radical (unpaired) electrons. The monoisotopic (exact) mass is 272 g/mol. The van der Waals surface area contributed by atoms with Gasteiger partial charge >= 0.3 is 0 Å². The molecule has 0 atom stereocenters. The van der Waals surface area contributed by atoms with Crippen LogP contribution in [0, 0.1) is 0 Å². The number of nitrogens with zero attached hydrogens (tertiary/aromatic N) is 3. The lowest BCUT2D eigenvalue weighted by atomic mass is 10.2. The Labute approximate surface area is 107 Å². The van der Waals surface area contributed by atoms with Crippen LogP contribution >= 0.6 is 11.6 Å². The SMILES string of the molecule is NCc1nnn(Cc2cccc(Cl)c2)c1C(F)F. The van der Waals surface area contributed by atoms with E-state index in [1.165, 1.54) is 0 Å². The average Bonchev–Trinajstić information content (AvgIpc) is 2.72. The Balaban J connectivity index is 2.32. The minimum atomic E-state index is -2.65. The lowest BCUT2D eigenvalue weighted by Crippen LogP contribution is -2.09. The summed E-state index contributed by atoms with van der Waals surface area (Å²) in [6.45, 7) is 0.127. The van der Waals surface area contributed by atoms with Gasteiger partial charge in [-0.3, -0.25) is 0 Å². The normalized spacial score (nSPS) is 11.2. The summed E-state index contributed by atoms with van der Waals surface area (Å²) in [5.74, 6) is 0. The first-order valence-electron chi connectivity index (χ1n) is 5.26.